The molecule has 1 rings (SSSR count). The highest BCUT2D eigenvalue weighted by atomic mass is 79.9. The topological polar surface area (TPSA) is 41.5 Å². The maximum atomic E-state index is 9.63. The SMILES string of the molecule is CCOCC(O)CNC(C)c1ccc(Br)cc1. The highest BCUT2D eigenvalue weighted by Gasteiger charge is 2.08. The van der Waals surface area contributed by atoms with Gasteiger partial charge in [0, 0.05) is 23.7 Å². The predicted octanol–water partition coefficient (Wildman–Crippen LogP) is 2.50. The van der Waals surface area contributed by atoms with Crippen molar-refractivity contribution >= 4 is 15.9 Å². The van der Waals surface area contributed by atoms with E-state index in [1.807, 2.05) is 19.1 Å². The molecule has 0 saturated carbocycles. The molecule has 3 nitrogen and oxygen atoms in total. The molecule has 0 aliphatic heterocycles. The number of halogens is 1. The molecule has 2 N–H and O–H groups in total. The van der Waals surface area contributed by atoms with Crippen molar-refractivity contribution in [1.29, 1.82) is 0 Å². The van der Waals surface area contributed by atoms with Gasteiger partial charge in [-0.1, -0.05) is 28.1 Å². The Hall–Kier alpha value is -0.420. The van der Waals surface area contributed by atoms with E-state index in [1.165, 1.54) is 5.56 Å². The molecule has 0 heterocycles. The van der Waals surface area contributed by atoms with Crippen molar-refractivity contribution in [2.75, 3.05) is 19.8 Å². The smallest absolute Gasteiger partial charge is 0.0897 e. The zero-order chi connectivity index (χ0) is 12.7. The van der Waals surface area contributed by atoms with Gasteiger partial charge in [-0.05, 0) is 31.5 Å². The van der Waals surface area contributed by atoms with Crippen molar-refractivity contribution < 1.29 is 9.84 Å². The zero-order valence-electron chi connectivity index (χ0n) is 10.3. The van der Waals surface area contributed by atoms with Gasteiger partial charge in [-0.3, -0.25) is 0 Å². The summed E-state index contributed by atoms with van der Waals surface area (Å²) in [4.78, 5) is 0. The Morgan fingerprint density at radius 2 is 2.00 bits per heavy atom. The van der Waals surface area contributed by atoms with Crippen LogP contribution in [-0.2, 0) is 4.74 Å². The fourth-order valence-corrected chi connectivity index (χ4v) is 1.76. The highest BCUT2D eigenvalue weighted by Crippen LogP contribution is 2.16. The highest BCUT2D eigenvalue weighted by molar-refractivity contribution is 9.10. The van der Waals surface area contributed by atoms with Crippen LogP contribution in [0.4, 0.5) is 0 Å². The second kappa shape index (κ2) is 7.82. The lowest BCUT2D eigenvalue weighted by molar-refractivity contribution is 0.0416. The largest absolute Gasteiger partial charge is 0.389 e. The van der Waals surface area contributed by atoms with E-state index in [0.717, 1.165) is 4.47 Å². The van der Waals surface area contributed by atoms with E-state index >= 15 is 0 Å². The van der Waals surface area contributed by atoms with Crippen LogP contribution in [0.5, 0.6) is 0 Å². The van der Waals surface area contributed by atoms with Crippen molar-refractivity contribution in [2.45, 2.75) is 26.0 Å². The van der Waals surface area contributed by atoms with Crippen LogP contribution >= 0.6 is 15.9 Å². The molecule has 96 valence electrons. The number of rotatable bonds is 7. The summed E-state index contributed by atoms with van der Waals surface area (Å²) in [6.45, 7) is 5.56. The minimum absolute atomic E-state index is 0.222. The molecule has 0 aliphatic carbocycles. The molecule has 1 aromatic rings. The molecule has 0 radical (unpaired) electrons. The zero-order valence-corrected chi connectivity index (χ0v) is 11.9. The molecule has 4 heteroatoms. The number of ether oxygens (including phenoxy) is 1. The van der Waals surface area contributed by atoms with Gasteiger partial charge in [0.25, 0.3) is 0 Å². The van der Waals surface area contributed by atoms with E-state index in [4.69, 9.17) is 4.74 Å². The lowest BCUT2D eigenvalue weighted by Crippen LogP contribution is -2.32. The Balaban J connectivity index is 2.34. The van der Waals surface area contributed by atoms with Gasteiger partial charge in [0.2, 0.25) is 0 Å². The number of hydrogen-bond acceptors (Lipinski definition) is 3. The van der Waals surface area contributed by atoms with Gasteiger partial charge < -0.3 is 15.2 Å². The van der Waals surface area contributed by atoms with Crippen LogP contribution in [0.2, 0.25) is 0 Å². The molecule has 0 aliphatic rings. The summed E-state index contributed by atoms with van der Waals surface area (Å²) < 4.78 is 6.23. The van der Waals surface area contributed by atoms with Crippen molar-refractivity contribution in [2.24, 2.45) is 0 Å². The first-order chi connectivity index (χ1) is 8.13. The summed E-state index contributed by atoms with van der Waals surface area (Å²) >= 11 is 3.41. The number of benzene rings is 1. The average molecular weight is 302 g/mol. The first-order valence-electron chi connectivity index (χ1n) is 5.88. The lowest BCUT2D eigenvalue weighted by atomic mass is 10.1. The van der Waals surface area contributed by atoms with Crippen molar-refractivity contribution in [3.63, 3.8) is 0 Å². The fourth-order valence-electron chi connectivity index (χ4n) is 1.49. The van der Waals surface area contributed by atoms with Crippen LogP contribution in [0.25, 0.3) is 0 Å². The van der Waals surface area contributed by atoms with Crippen molar-refractivity contribution in [1.82, 2.24) is 5.32 Å². The molecule has 0 fully saturated rings. The molecule has 2 atom stereocenters. The van der Waals surface area contributed by atoms with E-state index < -0.39 is 6.10 Å². The average Bonchev–Trinajstić information content (AvgIpc) is 2.34. The Kier molecular flexibility index (Phi) is 6.73. The lowest BCUT2D eigenvalue weighted by Gasteiger charge is -2.17. The second-order valence-electron chi connectivity index (χ2n) is 3.99. The molecule has 0 aromatic heterocycles. The maximum absolute atomic E-state index is 9.63. The maximum Gasteiger partial charge on any atom is 0.0897 e. The summed E-state index contributed by atoms with van der Waals surface area (Å²) in [5, 5.41) is 12.9. The van der Waals surface area contributed by atoms with Gasteiger partial charge in [-0.25, -0.2) is 0 Å². The fraction of sp³-hybridized carbons (Fsp3) is 0.538. The molecule has 0 bridgehead atoms. The van der Waals surface area contributed by atoms with E-state index in [-0.39, 0.29) is 6.04 Å². The van der Waals surface area contributed by atoms with Crippen molar-refractivity contribution in [3.8, 4) is 0 Å². The van der Waals surface area contributed by atoms with Crippen LogP contribution in [0.1, 0.15) is 25.5 Å². The molecule has 1 aromatic carbocycles. The third-order valence-electron chi connectivity index (χ3n) is 2.54. The molecular weight excluding hydrogens is 282 g/mol. The van der Waals surface area contributed by atoms with Gasteiger partial charge in [0.15, 0.2) is 0 Å². The van der Waals surface area contributed by atoms with Gasteiger partial charge >= 0.3 is 0 Å². The van der Waals surface area contributed by atoms with E-state index in [9.17, 15) is 5.11 Å². The van der Waals surface area contributed by atoms with Crippen LogP contribution in [-0.4, -0.2) is 31.0 Å². The second-order valence-corrected chi connectivity index (χ2v) is 4.91. The molecule has 2 unspecified atom stereocenters. The Bertz CT molecular complexity index is 316. The summed E-state index contributed by atoms with van der Waals surface area (Å²) in [5.41, 5.74) is 1.21. The van der Waals surface area contributed by atoms with E-state index in [1.54, 1.807) is 0 Å². The minimum atomic E-state index is -0.451. The monoisotopic (exact) mass is 301 g/mol. The quantitative estimate of drug-likeness (QED) is 0.813. The summed E-state index contributed by atoms with van der Waals surface area (Å²) in [5.74, 6) is 0. The van der Waals surface area contributed by atoms with E-state index in [0.29, 0.717) is 19.8 Å². The first kappa shape index (κ1) is 14.6. The number of hydrogen-bond donors (Lipinski definition) is 2. The summed E-state index contributed by atoms with van der Waals surface area (Å²) in [6, 6.07) is 8.39. The third-order valence-corrected chi connectivity index (χ3v) is 3.07. The third kappa shape index (κ3) is 5.64. The van der Waals surface area contributed by atoms with Gasteiger partial charge in [-0.2, -0.15) is 0 Å². The molecular formula is C13H20BrNO2. The number of nitrogens with one attached hydrogen (secondary N) is 1. The Morgan fingerprint density at radius 1 is 1.35 bits per heavy atom. The normalized spacial score (nSPS) is 14.6. The van der Waals surface area contributed by atoms with Crippen LogP contribution in [0.15, 0.2) is 28.7 Å². The van der Waals surface area contributed by atoms with Crippen molar-refractivity contribution in [3.05, 3.63) is 34.3 Å². The summed E-state index contributed by atoms with van der Waals surface area (Å²) in [7, 11) is 0. The van der Waals surface area contributed by atoms with Gasteiger partial charge in [0.05, 0.1) is 12.7 Å². The number of aliphatic hydroxyl groups excluding tert-OH is 1. The van der Waals surface area contributed by atoms with Gasteiger partial charge in [-0.15, -0.1) is 0 Å². The van der Waals surface area contributed by atoms with Gasteiger partial charge in [0.1, 0.15) is 0 Å². The first-order valence-corrected chi connectivity index (χ1v) is 6.67. The Morgan fingerprint density at radius 3 is 2.59 bits per heavy atom. The minimum Gasteiger partial charge on any atom is -0.389 e. The van der Waals surface area contributed by atoms with E-state index in [2.05, 4.69) is 40.3 Å². The van der Waals surface area contributed by atoms with Crippen LogP contribution in [0.3, 0.4) is 0 Å². The molecule has 0 amide bonds. The molecule has 0 saturated heterocycles. The predicted molar refractivity (Wildman–Crippen MR) is 73.1 cm³/mol. The number of aliphatic hydroxyl groups is 1. The van der Waals surface area contributed by atoms with Crippen LogP contribution in [0, 0.1) is 0 Å². The standard InChI is InChI=1S/C13H20BrNO2/c1-3-17-9-13(16)8-15-10(2)11-4-6-12(14)7-5-11/h4-7,10,13,15-16H,3,8-9H2,1-2H3. The van der Waals surface area contributed by atoms with Crippen LogP contribution < -0.4 is 5.32 Å². The Labute approximate surface area is 111 Å². The summed E-state index contributed by atoms with van der Waals surface area (Å²) in [6.07, 6.45) is -0.451. The molecule has 17 heavy (non-hydrogen) atoms. The molecule has 0 spiro atoms.